The Bertz CT molecular complexity index is 1050. The number of methoxy groups -OCH3 is 3. The standard InChI is InChI=1S/C21H22N2O6S/c1-12-5-6-14-17(7-12)30-21(22-14)23-18(24)11-29-19(25)10-13-8-15(26-2)20(28-4)16(9-13)27-3/h5-9H,10-11H2,1-4H3,(H,22,23,24). The van der Waals surface area contributed by atoms with Crippen molar-refractivity contribution in [1.29, 1.82) is 0 Å². The number of esters is 1. The number of fused-ring (bicyclic) bond motifs is 1. The highest BCUT2D eigenvalue weighted by atomic mass is 32.1. The first-order valence-corrected chi connectivity index (χ1v) is 9.86. The Morgan fingerprint density at radius 1 is 1.03 bits per heavy atom. The van der Waals surface area contributed by atoms with Crippen molar-refractivity contribution in [3.63, 3.8) is 0 Å². The van der Waals surface area contributed by atoms with Gasteiger partial charge >= 0.3 is 5.97 Å². The molecular formula is C21H22N2O6S. The zero-order valence-electron chi connectivity index (χ0n) is 17.1. The number of carbonyl (C=O) groups excluding carboxylic acids is 2. The summed E-state index contributed by atoms with van der Waals surface area (Å²) in [6.07, 6.45) is -0.0512. The van der Waals surface area contributed by atoms with Crippen LogP contribution in [0.25, 0.3) is 10.2 Å². The van der Waals surface area contributed by atoms with Gasteiger partial charge in [-0.2, -0.15) is 0 Å². The molecule has 2 aromatic carbocycles. The molecule has 0 unspecified atom stereocenters. The Labute approximate surface area is 177 Å². The number of ether oxygens (including phenoxy) is 4. The van der Waals surface area contributed by atoms with Crippen LogP contribution < -0.4 is 19.5 Å². The van der Waals surface area contributed by atoms with E-state index in [1.807, 2.05) is 25.1 Å². The zero-order valence-corrected chi connectivity index (χ0v) is 17.9. The Kier molecular flexibility index (Phi) is 6.73. The van der Waals surface area contributed by atoms with Crippen LogP contribution in [0.15, 0.2) is 30.3 Å². The lowest BCUT2D eigenvalue weighted by Crippen LogP contribution is -2.21. The Morgan fingerprint density at radius 2 is 1.73 bits per heavy atom. The highest BCUT2D eigenvalue weighted by Gasteiger charge is 2.16. The molecule has 0 atom stereocenters. The van der Waals surface area contributed by atoms with Crippen molar-refractivity contribution in [2.24, 2.45) is 0 Å². The van der Waals surface area contributed by atoms with Crippen LogP contribution in [0, 0.1) is 6.92 Å². The number of anilines is 1. The summed E-state index contributed by atoms with van der Waals surface area (Å²) in [6, 6.07) is 9.17. The summed E-state index contributed by atoms with van der Waals surface area (Å²) in [6.45, 7) is 1.59. The largest absolute Gasteiger partial charge is 0.493 e. The molecule has 0 saturated heterocycles. The molecule has 0 saturated carbocycles. The molecule has 30 heavy (non-hydrogen) atoms. The van der Waals surface area contributed by atoms with Crippen LogP contribution in [0.1, 0.15) is 11.1 Å². The molecular weight excluding hydrogens is 408 g/mol. The van der Waals surface area contributed by atoms with Gasteiger partial charge in [-0.15, -0.1) is 0 Å². The highest BCUT2D eigenvalue weighted by Crippen LogP contribution is 2.38. The van der Waals surface area contributed by atoms with Crippen molar-refractivity contribution in [2.45, 2.75) is 13.3 Å². The molecule has 0 bridgehead atoms. The minimum atomic E-state index is -0.556. The number of aryl methyl sites for hydroxylation is 1. The SMILES string of the molecule is COc1cc(CC(=O)OCC(=O)Nc2nc3ccc(C)cc3s2)cc(OC)c1OC. The first-order chi connectivity index (χ1) is 14.4. The first-order valence-electron chi connectivity index (χ1n) is 9.05. The van der Waals surface area contributed by atoms with E-state index in [9.17, 15) is 9.59 Å². The van der Waals surface area contributed by atoms with E-state index in [4.69, 9.17) is 18.9 Å². The van der Waals surface area contributed by atoms with E-state index in [0.717, 1.165) is 15.8 Å². The molecule has 0 aliphatic rings. The second-order valence-electron chi connectivity index (χ2n) is 6.41. The van der Waals surface area contributed by atoms with Crippen molar-refractivity contribution >= 4 is 38.6 Å². The van der Waals surface area contributed by atoms with E-state index in [1.165, 1.54) is 32.7 Å². The Balaban J connectivity index is 1.57. The van der Waals surface area contributed by atoms with Gasteiger partial charge in [0.2, 0.25) is 5.75 Å². The molecule has 158 valence electrons. The smallest absolute Gasteiger partial charge is 0.310 e. The van der Waals surface area contributed by atoms with Crippen LogP contribution in [0.5, 0.6) is 17.2 Å². The van der Waals surface area contributed by atoms with Gasteiger partial charge < -0.3 is 18.9 Å². The number of amides is 1. The predicted octanol–water partition coefficient (Wildman–Crippen LogP) is 3.35. The van der Waals surface area contributed by atoms with E-state index in [-0.39, 0.29) is 6.42 Å². The van der Waals surface area contributed by atoms with Gasteiger partial charge in [-0.3, -0.25) is 14.9 Å². The number of hydrogen-bond donors (Lipinski definition) is 1. The van der Waals surface area contributed by atoms with Crippen molar-refractivity contribution in [3.8, 4) is 17.2 Å². The van der Waals surface area contributed by atoms with Crippen LogP contribution in [-0.2, 0) is 20.7 Å². The topological polar surface area (TPSA) is 96.0 Å². The average Bonchev–Trinajstić information content (AvgIpc) is 3.12. The van der Waals surface area contributed by atoms with Gasteiger partial charge in [0.1, 0.15) is 0 Å². The highest BCUT2D eigenvalue weighted by molar-refractivity contribution is 7.22. The first kappa shape index (κ1) is 21.4. The maximum absolute atomic E-state index is 12.2. The molecule has 1 N–H and O–H groups in total. The summed E-state index contributed by atoms with van der Waals surface area (Å²) in [7, 11) is 4.49. The van der Waals surface area contributed by atoms with Gasteiger partial charge in [0, 0.05) is 0 Å². The van der Waals surface area contributed by atoms with Gasteiger partial charge in [-0.05, 0) is 42.3 Å². The minimum absolute atomic E-state index is 0.0512. The fraction of sp³-hybridized carbons (Fsp3) is 0.286. The second kappa shape index (κ2) is 9.45. The molecule has 1 heterocycles. The average molecular weight is 430 g/mol. The number of nitrogens with zero attached hydrogens (tertiary/aromatic N) is 1. The maximum Gasteiger partial charge on any atom is 0.310 e. The number of rotatable bonds is 8. The number of aromatic nitrogens is 1. The van der Waals surface area contributed by atoms with Crippen molar-refractivity contribution in [2.75, 3.05) is 33.3 Å². The van der Waals surface area contributed by atoms with Crippen molar-refractivity contribution in [1.82, 2.24) is 4.98 Å². The summed E-state index contributed by atoms with van der Waals surface area (Å²) >= 11 is 1.37. The summed E-state index contributed by atoms with van der Waals surface area (Å²) in [5.74, 6) is 0.290. The quantitative estimate of drug-likeness (QED) is 0.548. The summed E-state index contributed by atoms with van der Waals surface area (Å²) in [4.78, 5) is 28.6. The number of hydrogen-bond acceptors (Lipinski definition) is 8. The molecule has 0 fully saturated rings. The molecule has 3 rings (SSSR count). The number of thiazole rings is 1. The molecule has 8 nitrogen and oxygen atoms in total. The molecule has 0 aliphatic carbocycles. The number of benzene rings is 2. The number of carbonyl (C=O) groups is 2. The molecule has 0 spiro atoms. The van der Waals surface area contributed by atoms with E-state index >= 15 is 0 Å². The van der Waals surface area contributed by atoms with Gasteiger partial charge in [-0.1, -0.05) is 17.4 Å². The molecule has 9 heteroatoms. The lowest BCUT2D eigenvalue weighted by molar-refractivity contribution is -0.146. The third-order valence-corrected chi connectivity index (χ3v) is 5.16. The van der Waals surface area contributed by atoms with Crippen LogP contribution >= 0.6 is 11.3 Å². The monoisotopic (exact) mass is 430 g/mol. The van der Waals surface area contributed by atoms with Crippen LogP contribution in [0.4, 0.5) is 5.13 Å². The third kappa shape index (κ3) is 4.98. The minimum Gasteiger partial charge on any atom is -0.493 e. The van der Waals surface area contributed by atoms with E-state index < -0.39 is 18.5 Å². The molecule has 1 aromatic heterocycles. The van der Waals surface area contributed by atoms with Crippen molar-refractivity contribution in [3.05, 3.63) is 41.5 Å². The van der Waals surface area contributed by atoms with E-state index in [1.54, 1.807) is 12.1 Å². The fourth-order valence-electron chi connectivity index (χ4n) is 2.84. The van der Waals surface area contributed by atoms with E-state index in [2.05, 4.69) is 10.3 Å². The zero-order chi connectivity index (χ0) is 21.7. The summed E-state index contributed by atoms with van der Waals surface area (Å²) < 4.78 is 21.9. The summed E-state index contributed by atoms with van der Waals surface area (Å²) in [5.41, 5.74) is 2.53. The van der Waals surface area contributed by atoms with Crippen LogP contribution in [0.3, 0.4) is 0 Å². The van der Waals surface area contributed by atoms with Gasteiger partial charge in [0.05, 0.1) is 38.0 Å². The fourth-order valence-corrected chi connectivity index (χ4v) is 3.82. The van der Waals surface area contributed by atoms with Crippen LogP contribution in [0.2, 0.25) is 0 Å². The van der Waals surface area contributed by atoms with Gasteiger partial charge in [0.25, 0.3) is 5.91 Å². The van der Waals surface area contributed by atoms with Gasteiger partial charge in [0.15, 0.2) is 23.2 Å². The molecule has 3 aromatic rings. The molecule has 0 aliphatic heterocycles. The van der Waals surface area contributed by atoms with E-state index in [0.29, 0.717) is 27.9 Å². The molecule has 1 amide bonds. The predicted molar refractivity (Wildman–Crippen MR) is 114 cm³/mol. The lowest BCUT2D eigenvalue weighted by Gasteiger charge is -2.14. The molecule has 0 radical (unpaired) electrons. The summed E-state index contributed by atoms with van der Waals surface area (Å²) in [5, 5.41) is 3.12. The third-order valence-electron chi connectivity index (χ3n) is 4.23. The number of nitrogens with one attached hydrogen (secondary N) is 1. The van der Waals surface area contributed by atoms with Crippen molar-refractivity contribution < 1.29 is 28.5 Å². The second-order valence-corrected chi connectivity index (χ2v) is 7.44. The normalized spacial score (nSPS) is 10.5. The maximum atomic E-state index is 12.2. The van der Waals surface area contributed by atoms with Gasteiger partial charge in [-0.25, -0.2) is 4.98 Å². The Hall–Kier alpha value is -3.33. The van der Waals surface area contributed by atoms with Crippen LogP contribution in [-0.4, -0.2) is 44.8 Å². The Morgan fingerprint density at radius 3 is 2.37 bits per heavy atom. The lowest BCUT2D eigenvalue weighted by atomic mass is 10.1.